The number of ether oxygens (including phenoxy) is 1. The maximum Gasteiger partial charge on any atom is 0.150 e. The lowest BCUT2D eigenvalue weighted by molar-refractivity contribution is 0.112. The first-order valence-electron chi connectivity index (χ1n) is 5.04. The molecular formula is C14H12O2. The maximum absolute atomic E-state index is 10.9. The number of rotatable bonds is 3. The number of benzene rings is 2. The van der Waals surface area contributed by atoms with Crippen molar-refractivity contribution < 1.29 is 9.53 Å². The molecule has 0 N–H and O–H groups in total. The van der Waals surface area contributed by atoms with Crippen molar-refractivity contribution in [3.63, 3.8) is 0 Å². The Morgan fingerprint density at radius 2 is 1.88 bits per heavy atom. The number of aldehydes is 1. The normalized spacial score (nSPS) is 9.81. The van der Waals surface area contributed by atoms with E-state index in [0.717, 1.165) is 23.2 Å². The lowest BCUT2D eigenvalue weighted by Gasteiger charge is -2.06. The maximum atomic E-state index is 10.9. The van der Waals surface area contributed by atoms with Gasteiger partial charge in [0.15, 0.2) is 6.29 Å². The summed E-state index contributed by atoms with van der Waals surface area (Å²) >= 11 is 0. The summed E-state index contributed by atoms with van der Waals surface area (Å²) in [6.07, 6.45) is 0.870. The molecule has 16 heavy (non-hydrogen) atoms. The topological polar surface area (TPSA) is 26.3 Å². The van der Waals surface area contributed by atoms with E-state index >= 15 is 0 Å². The lowest BCUT2D eigenvalue weighted by Crippen LogP contribution is -1.88. The van der Waals surface area contributed by atoms with Gasteiger partial charge in [-0.25, -0.2) is 0 Å². The van der Waals surface area contributed by atoms with Crippen molar-refractivity contribution in [3.05, 3.63) is 54.1 Å². The number of carbonyl (C=O) groups is 1. The predicted molar refractivity (Wildman–Crippen MR) is 63.8 cm³/mol. The Morgan fingerprint density at radius 1 is 1.06 bits per heavy atom. The molecule has 0 bridgehead atoms. The quantitative estimate of drug-likeness (QED) is 0.730. The van der Waals surface area contributed by atoms with E-state index in [1.54, 1.807) is 7.11 Å². The number of methoxy groups -OCH3 is 1. The highest BCUT2D eigenvalue weighted by Gasteiger charge is 2.04. The first kappa shape index (κ1) is 10.4. The molecule has 0 unspecified atom stereocenters. The van der Waals surface area contributed by atoms with Gasteiger partial charge in [-0.15, -0.1) is 0 Å². The van der Waals surface area contributed by atoms with Crippen LogP contribution < -0.4 is 4.74 Å². The molecule has 2 aromatic rings. The van der Waals surface area contributed by atoms with E-state index in [-0.39, 0.29) is 0 Å². The Labute approximate surface area is 94.5 Å². The molecule has 0 amide bonds. The van der Waals surface area contributed by atoms with Gasteiger partial charge in [-0.3, -0.25) is 4.79 Å². The van der Waals surface area contributed by atoms with Crippen LogP contribution in [0.25, 0.3) is 11.1 Å². The molecular weight excluding hydrogens is 200 g/mol. The van der Waals surface area contributed by atoms with Crippen molar-refractivity contribution in [2.75, 3.05) is 7.11 Å². The highest BCUT2D eigenvalue weighted by Crippen LogP contribution is 2.25. The van der Waals surface area contributed by atoms with E-state index in [2.05, 4.69) is 0 Å². The Kier molecular flexibility index (Phi) is 3.01. The van der Waals surface area contributed by atoms with Gasteiger partial charge in [0.2, 0.25) is 0 Å². The molecule has 0 atom stereocenters. The van der Waals surface area contributed by atoms with Gasteiger partial charge in [0.25, 0.3) is 0 Å². The molecule has 0 spiro atoms. The summed E-state index contributed by atoms with van der Waals surface area (Å²) in [4.78, 5) is 10.9. The molecule has 2 rings (SSSR count). The van der Waals surface area contributed by atoms with Gasteiger partial charge in [-0.05, 0) is 23.3 Å². The monoisotopic (exact) mass is 212 g/mol. The van der Waals surface area contributed by atoms with Gasteiger partial charge in [-0.1, -0.05) is 36.4 Å². The van der Waals surface area contributed by atoms with Crippen LogP contribution in [0.3, 0.4) is 0 Å². The summed E-state index contributed by atoms with van der Waals surface area (Å²) < 4.78 is 5.16. The highest BCUT2D eigenvalue weighted by molar-refractivity contribution is 5.87. The zero-order valence-corrected chi connectivity index (χ0v) is 9.01. The fourth-order valence-corrected chi connectivity index (χ4v) is 1.65. The van der Waals surface area contributed by atoms with E-state index in [1.807, 2.05) is 48.5 Å². The van der Waals surface area contributed by atoms with Crippen molar-refractivity contribution in [1.29, 1.82) is 0 Å². The van der Waals surface area contributed by atoms with E-state index in [1.165, 1.54) is 0 Å². The Balaban J connectivity index is 2.53. The van der Waals surface area contributed by atoms with Crippen LogP contribution in [0.1, 0.15) is 10.4 Å². The predicted octanol–water partition coefficient (Wildman–Crippen LogP) is 3.17. The summed E-state index contributed by atoms with van der Waals surface area (Å²) in [7, 11) is 1.63. The third-order valence-corrected chi connectivity index (χ3v) is 2.47. The van der Waals surface area contributed by atoms with Crippen molar-refractivity contribution in [3.8, 4) is 16.9 Å². The number of hydrogen-bond acceptors (Lipinski definition) is 2. The molecule has 0 aliphatic heterocycles. The minimum absolute atomic E-state index is 0.691. The highest BCUT2D eigenvalue weighted by atomic mass is 16.5. The molecule has 0 aliphatic carbocycles. The zero-order chi connectivity index (χ0) is 11.4. The number of hydrogen-bond donors (Lipinski definition) is 0. The van der Waals surface area contributed by atoms with Crippen molar-refractivity contribution in [2.24, 2.45) is 0 Å². The molecule has 0 radical (unpaired) electrons. The van der Waals surface area contributed by atoms with Crippen molar-refractivity contribution >= 4 is 6.29 Å². The van der Waals surface area contributed by atoms with Crippen LogP contribution in [0.15, 0.2) is 48.5 Å². The van der Waals surface area contributed by atoms with Crippen LogP contribution in [0.4, 0.5) is 0 Å². The summed E-state index contributed by atoms with van der Waals surface area (Å²) in [5, 5.41) is 0. The summed E-state index contributed by atoms with van der Waals surface area (Å²) in [5.41, 5.74) is 2.61. The molecule has 0 saturated heterocycles. The summed E-state index contributed by atoms with van der Waals surface area (Å²) in [6.45, 7) is 0. The van der Waals surface area contributed by atoms with Gasteiger partial charge in [-0.2, -0.15) is 0 Å². The molecule has 2 aromatic carbocycles. The third kappa shape index (κ3) is 1.96. The minimum Gasteiger partial charge on any atom is -0.497 e. The summed E-state index contributed by atoms with van der Waals surface area (Å²) in [5.74, 6) is 0.790. The third-order valence-electron chi connectivity index (χ3n) is 2.47. The van der Waals surface area contributed by atoms with Crippen LogP contribution >= 0.6 is 0 Å². The van der Waals surface area contributed by atoms with Crippen LogP contribution in [0.2, 0.25) is 0 Å². The van der Waals surface area contributed by atoms with Gasteiger partial charge < -0.3 is 4.74 Å². The van der Waals surface area contributed by atoms with Crippen LogP contribution in [0.5, 0.6) is 5.75 Å². The smallest absolute Gasteiger partial charge is 0.150 e. The van der Waals surface area contributed by atoms with Gasteiger partial charge in [0, 0.05) is 5.56 Å². The molecule has 0 saturated carbocycles. The second-order valence-electron chi connectivity index (χ2n) is 3.44. The average molecular weight is 212 g/mol. The zero-order valence-electron chi connectivity index (χ0n) is 9.01. The van der Waals surface area contributed by atoms with E-state index in [4.69, 9.17) is 4.74 Å². The molecule has 80 valence electrons. The molecule has 2 nitrogen and oxygen atoms in total. The second kappa shape index (κ2) is 4.62. The minimum atomic E-state index is 0.691. The standard InChI is InChI=1S/C14H12O2/c1-16-13-7-4-6-11(9-13)14-8-3-2-5-12(14)10-15/h2-10H,1H3. The molecule has 2 heteroatoms. The van der Waals surface area contributed by atoms with E-state index in [9.17, 15) is 4.79 Å². The first-order chi connectivity index (χ1) is 7.85. The first-order valence-corrected chi connectivity index (χ1v) is 5.04. The SMILES string of the molecule is COc1cccc(-c2ccccc2C=O)c1. The molecule has 0 heterocycles. The van der Waals surface area contributed by atoms with Crippen LogP contribution in [-0.2, 0) is 0 Å². The van der Waals surface area contributed by atoms with E-state index < -0.39 is 0 Å². The average Bonchev–Trinajstić information content (AvgIpc) is 2.38. The molecule has 0 fully saturated rings. The fourth-order valence-electron chi connectivity index (χ4n) is 1.65. The summed E-state index contributed by atoms with van der Waals surface area (Å²) in [6, 6.07) is 15.2. The van der Waals surface area contributed by atoms with Gasteiger partial charge in [0.1, 0.15) is 5.75 Å². The largest absolute Gasteiger partial charge is 0.497 e. The van der Waals surface area contributed by atoms with Gasteiger partial charge in [0.05, 0.1) is 7.11 Å². The fraction of sp³-hybridized carbons (Fsp3) is 0.0714. The van der Waals surface area contributed by atoms with E-state index in [0.29, 0.717) is 5.56 Å². The molecule has 0 aliphatic rings. The van der Waals surface area contributed by atoms with Gasteiger partial charge >= 0.3 is 0 Å². The van der Waals surface area contributed by atoms with Crippen molar-refractivity contribution in [1.82, 2.24) is 0 Å². The lowest BCUT2D eigenvalue weighted by atomic mass is 10.0. The Bertz CT molecular complexity index is 504. The Hall–Kier alpha value is -2.09. The second-order valence-corrected chi connectivity index (χ2v) is 3.44. The van der Waals surface area contributed by atoms with Crippen LogP contribution in [0, 0.1) is 0 Å². The number of carbonyl (C=O) groups excluding carboxylic acids is 1. The molecule has 0 aromatic heterocycles. The van der Waals surface area contributed by atoms with Crippen molar-refractivity contribution in [2.45, 2.75) is 0 Å². The van der Waals surface area contributed by atoms with Crippen LogP contribution in [-0.4, -0.2) is 13.4 Å². The Morgan fingerprint density at radius 3 is 2.62 bits per heavy atom.